The molecule has 2 saturated heterocycles. The fourth-order valence-corrected chi connectivity index (χ4v) is 3.58. The van der Waals surface area contributed by atoms with Gasteiger partial charge in [0, 0.05) is 18.6 Å². The van der Waals surface area contributed by atoms with Gasteiger partial charge >= 0.3 is 0 Å². The molecule has 0 aromatic rings. The SMILES string of the molecule is OCC1(CCC2CCCO2)CCOC1C1CC1. The monoisotopic (exact) mass is 240 g/mol. The average molecular weight is 240 g/mol. The highest BCUT2D eigenvalue weighted by molar-refractivity contribution is 4.99. The largest absolute Gasteiger partial charge is 0.396 e. The number of ether oxygens (including phenoxy) is 2. The van der Waals surface area contributed by atoms with E-state index in [1.165, 1.54) is 25.7 Å². The van der Waals surface area contributed by atoms with Gasteiger partial charge in [-0.1, -0.05) is 0 Å². The molecule has 0 spiro atoms. The molecule has 17 heavy (non-hydrogen) atoms. The van der Waals surface area contributed by atoms with Gasteiger partial charge in [-0.2, -0.15) is 0 Å². The molecule has 0 radical (unpaired) electrons. The van der Waals surface area contributed by atoms with Crippen LogP contribution < -0.4 is 0 Å². The molecule has 3 atom stereocenters. The first-order valence-electron chi connectivity index (χ1n) is 7.18. The van der Waals surface area contributed by atoms with Gasteiger partial charge in [-0.15, -0.1) is 0 Å². The van der Waals surface area contributed by atoms with Crippen molar-refractivity contribution in [2.45, 2.75) is 57.2 Å². The Labute approximate surface area is 103 Å². The Hall–Kier alpha value is -0.120. The highest BCUT2D eigenvalue weighted by Crippen LogP contribution is 2.50. The Kier molecular flexibility index (Phi) is 3.42. The first kappa shape index (κ1) is 11.9. The smallest absolute Gasteiger partial charge is 0.0682 e. The molecule has 1 saturated carbocycles. The predicted octanol–water partition coefficient (Wildman–Crippen LogP) is 2.12. The number of aliphatic hydroxyl groups excluding tert-OH is 1. The van der Waals surface area contributed by atoms with Crippen LogP contribution in [0.3, 0.4) is 0 Å². The normalized spacial score (nSPS) is 42.2. The maximum atomic E-state index is 9.82. The molecule has 0 amide bonds. The third-order valence-electron chi connectivity index (χ3n) is 4.85. The minimum Gasteiger partial charge on any atom is -0.396 e. The number of hydrogen-bond acceptors (Lipinski definition) is 3. The van der Waals surface area contributed by atoms with Crippen molar-refractivity contribution in [1.29, 1.82) is 0 Å². The lowest BCUT2D eigenvalue weighted by molar-refractivity contribution is -0.0135. The van der Waals surface area contributed by atoms with Gasteiger partial charge in [0.2, 0.25) is 0 Å². The fourth-order valence-electron chi connectivity index (χ4n) is 3.58. The van der Waals surface area contributed by atoms with E-state index in [1.54, 1.807) is 0 Å². The summed E-state index contributed by atoms with van der Waals surface area (Å²) in [5.74, 6) is 0.731. The Morgan fingerprint density at radius 1 is 1.12 bits per heavy atom. The zero-order valence-corrected chi connectivity index (χ0v) is 10.6. The third kappa shape index (κ3) is 2.38. The molecule has 98 valence electrons. The van der Waals surface area contributed by atoms with Crippen LogP contribution in [-0.2, 0) is 9.47 Å². The lowest BCUT2D eigenvalue weighted by atomic mass is 9.75. The Balaban J connectivity index is 1.59. The van der Waals surface area contributed by atoms with Crippen molar-refractivity contribution in [2.24, 2.45) is 11.3 Å². The van der Waals surface area contributed by atoms with Crippen LogP contribution in [0.4, 0.5) is 0 Å². The molecule has 3 fully saturated rings. The molecule has 0 bridgehead atoms. The highest BCUT2D eigenvalue weighted by atomic mass is 16.5. The molecule has 3 unspecified atom stereocenters. The van der Waals surface area contributed by atoms with E-state index in [0.29, 0.717) is 18.8 Å². The molecule has 3 rings (SSSR count). The minimum absolute atomic E-state index is 0.0487. The Bertz CT molecular complexity index is 258. The van der Waals surface area contributed by atoms with Crippen LogP contribution in [-0.4, -0.2) is 37.1 Å². The van der Waals surface area contributed by atoms with E-state index in [2.05, 4.69) is 0 Å². The van der Waals surface area contributed by atoms with Crippen LogP contribution in [0.2, 0.25) is 0 Å². The van der Waals surface area contributed by atoms with Crippen LogP contribution in [0.5, 0.6) is 0 Å². The molecule has 0 aromatic heterocycles. The summed E-state index contributed by atoms with van der Waals surface area (Å²) in [5.41, 5.74) is 0.0487. The van der Waals surface area contributed by atoms with Crippen LogP contribution in [0.15, 0.2) is 0 Å². The molecular formula is C14H24O3. The Morgan fingerprint density at radius 2 is 2.00 bits per heavy atom. The van der Waals surface area contributed by atoms with Crippen molar-refractivity contribution in [3.05, 3.63) is 0 Å². The van der Waals surface area contributed by atoms with Gasteiger partial charge in [0.25, 0.3) is 0 Å². The van der Waals surface area contributed by atoms with Gasteiger partial charge in [0.05, 0.1) is 18.8 Å². The molecular weight excluding hydrogens is 216 g/mol. The predicted molar refractivity (Wildman–Crippen MR) is 64.8 cm³/mol. The second kappa shape index (κ2) is 4.87. The van der Waals surface area contributed by atoms with Crippen LogP contribution in [0, 0.1) is 11.3 Å². The maximum Gasteiger partial charge on any atom is 0.0682 e. The average Bonchev–Trinajstić information content (AvgIpc) is 2.92. The molecule has 3 nitrogen and oxygen atoms in total. The summed E-state index contributed by atoms with van der Waals surface area (Å²) >= 11 is 0. The molecule has 1 aliphatic carbocycles. The topological polar surface area (TPSA) is 38.7 Å². The summed E-state index contributed by atoms with van der Waals surface area (Å²) in [7, 11) is 0. The van der Waals surface area contributed by atoms with E-state index in [4.69, 9.17) is 9.47 Å². The second-order valence-electron chi connectivity index (χ2n) is 6.07. The van der Waals surface area contributed by atoms with Crippen LogP contribution in [0.1, 0.15) is 44.9 Å². The summed E-state index contributed by atoms with van der Waals surface area (Å²) < 4.78 is 11.6. The van der Waals surface area contributed by atoms with E-state index in [9.17, 15) is 5.11 Å². The second-order valence-corrected chi connectivity index (χ2v) is 6.07. The lowest BCUT2D eigenvalue weighted by Gasteiger charge is -2.33. The van der Waals surface area contributed by atoms with Gasteiger partial charge < -0.3 is 14.6 Å². The fraction of sp³-hybridized carbons (Fsp3) is 1.00. The summed E-state index contributed by atoms with van der Waals surface area (Å²) in [4.78, 5) is 0. The summed E-state index contributed by atoms with van der Waals surface area (Å²) in [6, 6.07) is 0. The van der Waals surface area contributed by atoms with Crippen molar-refractivity contribution >= 4 is 0 Å². The lowest BCUT2D eigenvalue weighted by Crippen LogP contribution is -2.37. The van der Waals surface area contributed by atoms with Crippen molar-refractivity contribution in [3.8, 4) is 0 Å². The van der Waals surface area contributed by atoms with Gasteiger partial charge in [-0.25, -0.2) is 0 Å². The van der Waals surface area contributed by atoms with Gasteiger partial charge in [-0.05, 0) is 50.9 Å². The molecule has 2 heterocycles. The number of hydrogen-bond donors (Lipinski definition) is 1. The molecule has 3 heteroatoms. The molecule has 0 aromatic carbocycles. The quantitative estimate of drug-likeness (QED) is 0.800. The van der Waals surface area contributed by atoms with Gasteiger partial charge in [0.15, 0.2) is 0 Å². The van der Waals surface area contributed by atoms with Gasteiger partial charge in [0.1, 0.15) is 0 Å². The van der Waals surface area contributed by atoms with Crippen molar-refractivity contribution in [3.63, 3.8) is 0 Å². The van der Waals surface area contributed by atoms with Crippen molar-refractivity contribution in [2.75, 3.05) is 19.8 Å². The van der Waals surface area contributed by atoms with Crippen LogP contribution in [0.25, 0.3) is 0 Å². The first-order valence-corrected chi connectivity index (χ1v) is 7.18. The zero-order chi connectivity index (χ0) is 11.7. The summed E-state index contributed by atoms with van der Waals surface area (Å²) in [6.07, 6.45) is 9.00. The molecule has 2 aliphatic heterocycles. The minimum atomic E-state index is 0.0487. The zero-order valence-electron chi connectivity index (χ0n) is 10.6. The summed E-state index contributed by atoms with van der Waals surface area (Å²) in [6.45, 7) is 2.06. The van der Waals surface area contributed by atoms with E-state index >= 15 is 0 Å². The standard InChI is InChI=1S/C14H24O3/c15-10-14(6-5-12-2-1-8-16-12)7-9-17-13(14)11-3-4-11/h11-13,15H,1-10H2. The molecule has 1 N–H and O–H groups in total. The van der Waals surface area contributed by atoms with Crippen molar-refractivity contribution in [1.82, 2.24) is 0 Å². The van der Waals surface area contributed by atoms with Crippen molar-refractivity contribution < 1.29 is 14.6 Å². The maximum absolute atomic E-state index is 9.82. The highest BCUT2D eigenvalue weighted by Gasteiger charge is 2.50. The van der Waals surface area contributed by atoms with E-state index in [0.717, 1.165) is 38.4 Å². The summed E-state index contributed by atoms with van der Waals surface area (Å²) in [5, 5.41) is 9.82. The third-order valence-corrected chi connectivity index (χ3v) is 4.85. The Morgan fingerprint density at radius 3 is 2.65 bits per heavy atom. The first-order chi connectivity index (χ1) is 8.34. The van der Waals surface area contributed by atoms with E-state index in [1.807, 2.05) is 0 Å². The molecule has 3 aliphatic rings. The van der Waals surface area contributed by atoms with E-state index in [-0.39, 0.29) is 5.41 Å². The number of aliphatic hydroxyl groups is 1. The number of rotatable bonds is 5. The van der Waals surface area contributed by atoms with Crippen LogP contribution >= 0.6 is 0 Å². The van der Waals surface area contributed by atoms with Gasteiger partial charge in [-0.3, -0.25) is 0 Å². The van der Waals surface area contributed by atoms with E-state index < -0.39 is 0 Å².